The Morgan fingerprint density at radius 2 is 2.00 bits per heavy atom. The third-order valence-corrected chi connectivity index (χ3v) is 5.08. The van der Waals surface area contributed by atoms with Crippen molar-refractivity contribution in [3.63, 3.8) is 0 Å². The molecule has 1 N–H and O–H groups in total. The summed E-state index contributed by atoms with van der Waals surface area (Å²) in [5.74, 6) is -0.691. The highest BCUT2D eigenvalue weighted by Gasteiger charge is 2.17. The van der Waals surface area contributed by atoms with E-state index in [0.29, 0.717) is 42.7 Å². The minimum absolute atomic E-state index is 0.334. The maximum absolute atomic E-state index is 14.4. The molecule has 128 valence electrons. The number of nitrogens with zero attached hydrogens (tertiary/aromatic N) is 2. The quantitative estimate of drug-likeness (QED) is 0.779. The molecule has 0 unspecified atom stereocenters. The Morgan fingerprint density at radius 3 is 2.76 bits per heavy atom. The molecule has 0 saturated carbocycles. The number of carbonyl (C=O) groups excluding carboxylic acids is 1. The smallest absolute Gasteiger partial charge is 0.284 e. The molecule has 1 saturated heterocycles. The molecular weight excluding hydrogens is 341 g/mol. The van der Waals surface area contributed by atoms with Gasteiger partial charge in [-0.25, -0.2) is 9.37 Å². The van der Waals surface area contributed by atoms with Crippen LogP contribution < -0.4 is 10.2 Å². The summed E-state index contributed by atoms with van der Waals surface area (Å²) in [4.78, 5) is 18.6. The highest BCUT2D eigenvalue weighted by atomic mass is 32.1. The summed E-state index contributed by atoms with van der Waals surface area (Å²) in [5.41, 5.74) is 1.73. The van der Waals surface area contributed by atoms with Crippen LogP contribution >= 0.6 is 11.3 Å². The van der Waals surface area contributed by atoms with Gasteiger partial charge in [0.2, 0.25) is 0 Å². The maximum atomic E-state index is 14.4. The highest BCUT2D eigenvalue weighted by Crippen LogP contribution is 2.25. The van der Waals surface area contributed by atoms with Crippen molar-refractivity contribution in [3.05, 3.63) is 53.3 Å². The number of rotatable bonds is 3. The van der Waals surface area contributed by atoms with E-state index < -0.39 is 0 Å². The summed E-state index contributed by atoms with van der Waals surface area (Å²) >= 11 is 1.32. The number of carbonyl (C=O) groups is 1. The van der Waals surface area contributed by atoms with Gasteiger partial charge in [0.15, 0.2) is 5.01 Å². The van der Waals surface area contributed by atoms with Gasteiger partial charge in [-0.15, -0.1) is 11.3 Å². The van der Waals surface area contributed by atoms with E-state index in [2.05, 4.69) is 10.3 Å². The fraction of sp³-hybridized carbons (Fsp3) is 0.222. The number of fused-ring (bicyclic) bond motifs is 1. The molecule has 1 aliphatic rings. The van der Waals surface area contributed by atoms with E-state index >= 15 is 0 Å². The summed E-state index contributed by atoms with van der Waals surface area (Å²) in [6.45, 7) is 2.51. The third kappa shape index (κ3) is 3.33. The van der Waals surface area contributed by atoms with Gasteiger partial charge in [-0.1, -0.05) is 12.1 Å². The number of aromatic nitrogens is 1. The number of hydrogen-bond acceptors (Lipinski definition) is 5. The predicted molar refractivity (Wildman–Crippen MR) is 97.0 cm³/mol. The number of para-hydroxylation sites is 1. The molecular formula is C18H16FN3O2S. The summed E-state index contributed by atoms with van der Waals surface area (Å²) in [6, 6.07) is 12.3. The van der Waals surface area contributed by atoms with Crippen LogP contribution in [0.25, 0.3) is 10.2 Å². The second-order valence-corrected chi connectivity index (χ2v) is 6.74. The fourth-order valence-corrected chi connectivity index (χ4v) is 3.66. The lowest BCUT2D eigenvalue weighted by molar-refractivity contribution is 0.102. The van der Waals surface area contributed by atoms with E-state index in [1.807, 2.05) is 29.2 Å². The molecule has 0 aliphatic carbocycles. The average Bonchev–Trinajstić information content (AvgIpc) is 3.07. The second kappa shape index (κ2) is 6.78. The van der Waals surface area contributed by atoms with Crippen molar-refractivity contribution in [2.75, 3.05) is 36.5 Å². The summed E-state index contributed by atoms with van der Waals surface area (Å²) in [5, 5.41) is 3.08. The van der Waals surface area contributed by atoms with Gasteiger partial charge in [0.05, 0.1) is 29.1 Å². The topological polar surface area (TPSA) is 54.5 Å². The van der Waals surface area contributed by atoms with E-state index in [4.69, 9.17) is 4.74 Å². The number of benzene rings is 2. The summed E-state index contributed by atoms with van der Waals surface area (Å²) < 4.78 is 20.6. The molecule has 2 aromatic carbocycles. The van der Waals surface area contributed by atoms with E-state index in [-0.39, 0.29) is 11.7 Å². The first-order chi connectivity index (χ1) is 12.2. The molecule has 3 aromatic rings. The molecule has 1 aliphatic heterocycles. The van der Waals surface area contributed by atoms with Crippen molar-refractivity contribution in [3.8, 4) is 0 Å². The number of amides is 1. The number of hydrogen-bond donors (Lipinski definition) is 1. The van der Waals surface area contributed by atoms with Crippen LogP contribution in [0.15, 0.2) is 42.5 Å². The predicted octanol–water partition coefficient (Wildman–Crippen LogP) is 3.52. The SMILES string of the molecule is O=C(Nc1ccc(N2CCOCC2)c(F)c1)c1nc2ccccc2s1. The van der Waals surface area contributed by atoms with Crippen molar-refractivity contribution < 1.29 is 13.9 Å². The van der Waals surface area contributed by atoms with Gasteiger partial charge < -0.3 is 15.0 Å². The van der Waals surface area contributed by atoms with E-state index in [1.54, 1.807) is 12.1 Å². The standard InChI is InChI=1S/C18H16FN3O2S/c19-13-11-12(5-6-15(13)22-7-9-24-10-8-22)20-17(23)18-21-14-3-1-2-4-16(14)25-18/h1-6,11H,7-10H2,(H,20,23). The Balaban J connectivity index is 1.52. The molecule has 4 rings (SSSR count). The van der Waals surface area contributed by atoms with Crippen LogP contribution in [-0.2, 0) is 4.74 Å². The highest BCUT2D eigenvalue weighted by molar-refractivity contribution is 7.20. The molecule has 0 bridgehead atoms. The van der Waals surface area contributed by atoms with Crippen LogP contribution in [0.4, 0.5) is 15.8 Å². The Hall–Kier alpha value is -2.51. The van der Waals surface area contributed by atoms with Gasteiger partial charge in [-0.2, -0.15) is 0 Å². The second-order valence-electron chi connectivity index (χ2n) is 5.71. The van der Waals surface area contributed by atoms with Crippen LogP contribution in [0.1, 0.15) is 9.80 Å². The zero-order valence-electron chi connectivity index (χ0n) is 13.4. The lowest BCUT2D eigenvalue weighted by atomic mass is 10.2. The van der Waals surface area contributed by atoms with Crippen molar-refractivity contribution in [1.82, 2.24) is 4.98 Å². The lowest BCUT2D eigenvalue weighted by Crippen LogP contribution is -2.36. The average molecular weight is 357 g/mol. The zero-order valence-corrected chi connectivity index (χ0v) is 14.2. The zero-order chi connectivity index (χ0) is 17.2. The largest absolute Gasteiger partial charge is 0.378 e. The number of anilines is 2. The van der Waals surface area contributed by atoms with Crippen molar-refractivity contribution >= 4 is 38.8 Å². The third-order valence-electron chi connectivity index (χ3n) is 4.05. The van der Waals surface area contributed by atoms with Gasteiger partial charge in [-0.05, 0) is 30.3 Å². The van der Waals surface area contributed by atoms with Crippen LogP contribution in [-0.4, -0.2) is 37.2 Å². The molecule has 5 nitrogen and oxygen atoms in total. The first-order valence-corrected chi connectivity index (χ1v) is 8.81. The first kappa shape index (κ1) is 16.0. The molecule has 2 heterocycles. The van der Waals surface area contributed by atoms with E-state index in [1.165, 1.54) is 17.4 Å². The summed E-state index contributed by atoms with van der Waals surface area (Å²) in [6.07, 6.45) is 0. The molecule has 25 heavy (non-hydrogen) atoms. The molecule has 0 radical (unpaired) electrons. The van der Waals surface area contributed by atoms with Crippen molar-refractivity contribution in [1.29, 1.82) is 0 Å². The van der Waals surface area contributed by atoms with Crippen LogP contribution in [0.5, 0.6) is 0 Å². The fourth-order valence-electron chi connectivity index (χ4n) is 2.80. The van der Waals surface area contributed by atoms with Gasteiger partial charge in [0, 0.05) is 18.8 Å². The number of nitrogens with one attached hydrogen (secondary N) is 1. The Bertz CT molecular complexity index is 889. The minimum atomic E-state index is -0.357. The van der Waals surface area contributed by atoms with Crippen LogP contribution in [0, 0.1) is 5.82 Å². The Kier molecular flexibility index (Phi) is 4.33. The number of thiazole rings is 1. The van der Waals surface area contributed by atoms with Gasteiger partial charge in [0.25, 0.3) is 5.91 Å². The molecule has 0 spiro atoms. The normalized spacial score (nSPS) is 14.7. The summed E-state index contributed by atoms with van der Waals surface area (Å²) in [7, 11) is 0. The van der Waals surface area contributed by atoms with Crippen molar-refractivity contribution in [2.24, 2.45) is 0 Å². The van der Waals surface area contributed by atoms with Crippen LogP contribution in [0.3, 0.4) is 0 Å². The van der Waals surface area contributed by atoms with Gasteiger partial charge in [0.1, 0.15) is 5.82 Å². The van der Waals surface area contributed by atoms with Crippen LogP contribution in [0.2, 0.25) is 0 Å². The minimum Gasteiger partial charge on any atom is -0.378 e. The molecule has 7 heteroatoms. The number of ether oxygens (including phenoxy) is 1. The van der Waals surface area contributed by atoms with Gasteiger partial charge in [-0.3, -0.25) is 4.79 Å². The molecule has 1 aromatic heterocycles. The Morgan fingerprint density at radius 1 is 1.20 bits per heavy atom. The lowest BCUT2D eigenvalue weighted by Gasteiger charge is -2.29. The Labute approximate surface area is 148 Å². The molecule has 0 atom stereocenters. The monoisotopic (exact) mass is 357 g/mol. The number of morpholine rings is 1. The molecule has 1 fully saturated rings. The first-order valence-electron chi connectivity index (χ1n) is 8.00. The van der Waals surface area contributed by atoms with Crippen molar-refractivity contribution in [2.45, 2.75) is 0 Å². The number of halogens is 1. The maximum Gasteiger partial charge on any atom is 0.284 e. The van der Waals surface area contributed by atoms with E-state index in [9.17, 15) is 9.18 Å². The van der Waals surface area contributed by atoms with E-state index in [0.717, 1.165) is 10.2 Å². The molecule has 1 amide bonds. The van der Waals surface area contributed by atoms with Gasteiger partial charge >= 0.3 is 0 Å².